The third-order valence-electron chi connectivity index (χ3n) is 5.30. The molecule has 0 fully saturated rings. The maximum Gasteiger partial charge on any atom is 0.227 e. The first-order valence-corrected chi connectivity index (χ1v) is 12.9. The molecule has 0 spiro atoms. The van der Waals surface area contributed by atoms with Crippen LogP contribution in [0.5, 0.6) is 5.75 Å². The van der Waals surface area contributed by atoms with Gasteiger partial charge in [-0.1, -0.05) is 54.6 Å². The lowest BCUT2D eigenvalue weighted by Crippen LogP contribution is -2.35. The zero-order valence-corrected chi connectivity index (χ0v) is 22.3. The van der Waals surface area contributed by atoms with E-state index in [1.54, 1.807) is 17.8 Å². The van der Waals surface area contributed by atoms with E-state index >= 15 is 0 Å². The number of carbonyl (C=O) groups excluding carboxylic acids is 2. The number of anilines is 1. The van der Waals surface area contributed by atoms with Gasteiger partial charge in [-0.25, -0.2) is 0 Å². The van der Waals surface area contributed by atoms with Gasteiger partial charge in [-0.05, 0) is 38.5 Å². The van der Waals surface area contributed by atoms with Crippen LogP contribution in [0.1, 0.15) is 25.3 Å². The molecule has 1 aromatic heterocycles. The van der Waals surface area contributed by atoms with E-state index in [2.05, 4.69) is 22.8 Å². The van der Waals surface area contributed by atoms with Crippen LogP contribution in [0.25, 0.3) is 11.1 Å². The second-order valence-corrected chi connectivity index (χ2v) is 9.12. The van der Waals surface area contributed by atoms with Crippen LogP contribution in [0.15, 0.2) is 78.5 Å². The van der Waals surface area contributed by atoms with Crippen molar-refractivity contribution >= 4 is 41.7 Å². The van der Waals surface area contributed by atoms with Gasteiger partial charge in [0.25, 0.3) is 0 Å². The molecule has 0 atom stereocenters. The summed E-state index contributed by atoms with van der Waals surface area (Å²) >= 11 is 7.92. The number of hydrogen-bond acceptors (Lipinski definition) is 5. The minimum absolute atomic E-state index is 0.127. The van der Waals surface area contributed by atoms with Crippen molar-refractivity contribution in [3.63, 3.8) is 0 Å². The van der Waals surface area contributed by atoms with E-state index in [1.807, 2.05) is 80.4 Å². The average Bonchev–Trinajstić information content (AvgIpc) is 3.45. The molecule has 0 saturated carbocycles. The molecule has 0 bridgehead atoms. The average molecular weight is 526 g/mol. The molecule has 1 N–H and O–H groups in total. The smallest absolute Gasteiger partial charge is 0.227 e. The first-order valence-electron chi connectivity index (χ1n) is 11.5. The molecule has 0 aliphatic carbocycles. The van der Waals surface area contributed by atoms with Gasteiger partial charge in [0.05, 0.1) is 18.5 Å². The summed E-state index contributed by atoms with van der Waals surface area (Å²) in [7, 11) is 0. The fourth-order valence-electron chi connectivity index (χ4n) is 3.55. The standard InChI is InChI=1S/C22H22ClN3O2S.C5H8.CH2O/c1-15-18(23)6-3-8-20(15)28-11-4-9-21(27)26-10-12-29-22-17(5-2-7-19(22)26)16-13-24-25-14-16;1-3-5-4-2;1-2/h2-3,5-8,13-14H,4,9-12H2,1H3,(H,24,25);3-5H,1H2,2H3;1H2/b;5-4-;. The second-order valence-electron chi connectivity index (χ2n) is 7.61. The molecule has 190 valence electrons. The lowest BCUT2D eigenvalue weighted by atomic mass is 10.1. The molecule has 0 radical (unpaired) electrons. The Bertz CT molecular complexity index is 1150. The van der Waals surface area contributed by atoms with Crippen molar-refractivity contribution in [2.24, 2.45) is 0 Å². The lowest BCUT2D eigenvalue weighted by molar-refractivity contribution is -0.118. The molecule has 2 heterocycles. The topological polar surface area (TPSA) is 75.3 Å². The number of aromatic amines is 1. The number of aromatic nitrogens is 2. The predicted molar refractivity (Wildman–Crippen MR) is 150 cm³/mol. The van der Waals surface area contributed by atoms with Gasteiger partial charge in [-0.2, -0.15) is 5.10 Å². The number of benzene rings is 2. The van der Waals surface area contributed by atoms with Crippen molar-refractivity contribution in [3.8, 4) is 16.9 Å². The molecule has 1 aliphatic heterocycles. The van der Waals surface area contributed by atoms with Gasteiger partial charge in [0.15, 0.2) is 0 Å². The fraction of sp³-hybridized carbons (Fsp3) is 0.250. The van der Waals surface area contributed by atoms with E-state index in [0.29, 0.717) is 24.5 Å². The number of carbonyl (C=O) groups is 2. The molecule has 1 amide bonds. The highest BCUT2D eigenvalue weighted by Gasteiger charge is 2.25. The van der Waals surface area contributed by atoms with Crippen LogP contribution in [-0.2, 0) is 9.59 Å². The van der Waals surface area contributed by atoms with E-state index in [1.165, 1.54) is 0 Å². The largest absolute Gasteiger partial charge is 0.493 e. The Balaban J connectivity index is 0.000000583. The molecule has 2 aromatic carbocycles. The van der Waals surface area contributed by atoms with Gasteiger partial charge in [0.1, 0.15) is 12.5 Å². The monoisotopic (exact) mass is 525 g/mol. The highest BCUT2D eigenvalue weighted by Crippen LogP contribution is 2.41. The molecular weight excluding hydrogens is 494 g/mol. The van der Waals surface area contributed by atoms with E-state index in [-0.39, 0.29) is 5.91 Å². The minimum Gasteiger partial charge on any atom is -0.493 e. The normalized spacial score (nSPS) is 12.0. The summed E-state index contributed by atoms with van der Waals surface area (Å²) in [5.74, 6) is 1.78. The molecule has 1 aliphatic rings. The number of ether oxygens (including phenoxy) is 1. The predicted octanol–water partition coefficient (Wildman–Crippen LogP) is 6.90. The van der Waals surface area contributed by atoms with Crippen LogP contribution in [0.2, 0.25) is 5.02 Å². The van der Waals surface area contributed by atoms with E-state index in [9.17, 15) is 4.79 Å². The Kier molecular flexibility index (Phi) is 12.6. The first-order chi connectivity index (χ1) is 17.6. The first kappa shape index (κ1) is 28.9. The van der Waals surface area contributed by atoms with Crippen LogP contribution < -0.4 is 9.64 Å². The number of halogens is 1. The Hall–Kier alpha value is -3.29. The summed E-state index contributed by atoms with van der Waals surface area (Å²) < 4.78 is 5.82. The second kappa shape index (κ2) is 15.7. The number of nitrogens with one attached hydrogen (secondary N) is 1. The number of amides is 1. The van der Waals surface area contributed by atoms with E-state index in [0.717, 1.165) is 45.3 Å². The Labute approximate surface area is 222 Å². The maximum atomic E-state index is 12.9. The van der Waals surface area contributed by atoms with Gasteiger partial charge in [0, 0.05) is 51.5 Å². The van der Waals surface area contributed by atoms with Gasteiger partial charge >= 0.3 is 0 Å². The van der Waals surface area contributed by atoms with Crippen molar-refractivity contribution in [1.82, 2.24) is 10.2 Å². The number of hydrogen-bond donors (Lipinski definition) is 1. The highest BCUT2D eigenvalue weighted by atomic mass is 35.5. The zero-order chi connectivity index (χ0) is 26.3. The van der Waals surface area contributed by atoms with Crippen LogP contribution in [0.3, 0.4) is 0 Å². The Morgan fingerprint density at radius 1 is 1.28 bits per heavy atom. The molecule has 4 rings (SSSR count). The number of allylic oxidation sites excluding steroid dienone is 3. The van der Waals surface area contributed by atoms with E-state index in [4.69, 9.17) is 21.1 Å². The number of thioether (sulfide) groups is 1. The number of rotatable bonds is 7. The number of nitrogens with zero attached hydrogens (tertiary/aromatic N) is 2. The van der Waals surface area contributed by atoms with Crippen LogP contribution in [0, 0.1) is 6.92 Å². The number of H-pyrrole nitrogens is 1. The molecular formula is C28H32ClN3O3S. The van der Waals surface area contributed by atoms with Gasteiger partial charge < -0.3 is 14.4 Å². The quantitative estimate of drug-likeness (QED) is 0.268. The molecule has 8 heteroatoms. The summed E-state index contributed by atoms with van der Waals surface area (Å²) in [6, 6.07) is 11.7. The van der Waals surface area contributed by atoms with Crippen LogP contribution >= 0.6 is 23.4 Å². The van der Waals surface area contributed by atoms with Gasteiger partial charge in [-0.3, -0.25) is 9.89 Å². The van der Waals surface area contributed by atoms with Gasteiger partial charge in [0.2, 0.25) is 5.91 Å². The van der Waals surface area contributed by atoms with Crippen molar-refractivity contribution in [2.75, 3.05) is 23.8 Å². The zero-order valence-electron chi connectivity index (χ0n) is 20.7. The van der Waals surface area contributed by atoms with Crippen molar-refractivity contribution in [3.05, 3.63) is 84.2 Å². The SMILES string of the molecule is C=C/C=C\C.C=O.Cc1c(Cl)cccc1OCCCC(=O)N1CCSc2c(-c3cn[nH]c3)cccc21. The molecule has 36 heavy (non-hydrogen) atoms. The molecule has 6 nitrogen and oxygen atoms in total. The third kappa shape index (κ3) is 7.86. The summed E-state index contributed by atoms with van der Waals surface area (Å²) in [4.78, 5) is 24.0. The van der Waals surface area contributed by atoms with Gasteiger partial charge in [-0.15, -0.1) is 11.8 Å². The summed E-state index contributed by atoms with van der Waals surface area (Å²) in [5.41, 5.74) is 4.05. The van der Waals surface area contributed by atoms with Crippen LogP contribution in [-0.4, -0.2) is 41.8 Å². The van der Waals surface area contributed by atoms with Crippen molar-refractivity contribution < 1.29 is 14.3 Å². The van der Waals surface area contributed by atoms with Crippen molar-refractivity contribution in [1.29, 1.82) is 0 Å². The van der Waals surface area contributed by atoms with Crippen molar-refractivity contribution in [2.45, 2.75) is 31.6 Å². The lowest BCUT2D eigenvalue weighted by Gasteiger charge is -2.30. The maximum absolute atomic E-state index is 12.9. The summed E-state index contributed by atoms with van der Waals surface area (Å²) in [6.45, 7) is 10.6. The Morgan fingerprint density at radius 2 is 2.06 bits per heavy atom. The molecule has 3 aromatic rings. The van der Waals surface area contributed by atoms with Crippen LogP contribution in [0.4, 0.5) is 5.69 Å². The molecule has 0 saturated heterocycles. The summed E-state index contributed by atoms with van der Waals surface area (Å²) in [6.07, 6.45) is 10.4. The number of fused-ring (bicyclic) bond motifs is 1. The highest BCUT2D eigenvalue weighted by molar-refractivity contribution is 7.99. The van der Waals surface area contributed by atoms with E-state index < -0.39 is 0 Å². The minimum atomic E-state index is 0.127. The Morgan fingerprint density at radius 3 is 2.72 bits per heavy atom. The summed E-state index contributed by atoms with van der Waals surface area (Å²) in [5, 5.41) is 7.60. The fourth-order valence-corrected chi connectivity index (χ4v) is 4.87. The molecule has 0 unspecified atom stereocenters. The third-order valence-corrected chi connectivity index (χ3v) is 6.81.